The molecule has 0 saturated carbocycles. The van der Waals surface area contributed by atoms with Gasteiger partial charge in [0.1, 0.15) is 5.75 Å². The van der Waals surface area contributed by atoms with Crippen LogP contribution in [-0.2, 0) is 0 Å². The van der Waals surface area contributed by atoms with Gasteiger partial charge in [0.15, 0.2) is 0 Å². The van der Waals surface area contributed by atoms with E-state index in [2.05, 4.69) is 25.2 Å². The average Bonchev–Trinajstić information content (AvgIpc) is 2.49. The van der Waals surface area contributed by atoms with E-state index >= 15 is 0 Å². The fourth-order valence-corrected chi connectivity index (χ4v) is 2.80. The Hall–Kier alpha value is -1.22. The highest BCUT2D eigenvalue weighted by atomic mass is 35.5. The van der Waals surface area contributed by atoms with Crippen LogP contribution in [0.25, 0.3) is 0 Å². The number of nitrogens with one attached hydrogen (secondary N) is 1. The Morgan fingerprint density at radius 1 is 1.00 bits per heavy atom. The van der Waals surface area contributed by atoms with Crippen LogP contribution in [0, 0.1) is 0 Å². The Kier molecular flexibility index (Phi) is 5.51. The molecule has 2 unspecified atom stereocenters. The molecule has 0 aromatic heterocycles. The third-order valence-corrected chi connectivity index (χ3v) is 4.38. The van der Waals surface area contributed by atoms with Crippen molar-refractivity contribution < 1.29 is 4.74 Å². The predicted molar refractivity (Wildman–Crippen MR) is 89.4 cm³/mol. The molecule has 0 aliphatic carbocycles. The minimum atomic E-state index is 0.0948. The minimum absolute atomic E-state index is 0.0948. The summed E-state index contributed by atoms with van der Waals surface area (Å²) >= 11 is 12.3. The van der Waals surface area contributed by atoms with Gasteiger partial charge in [0, 0.05) is 12.1 Å². The van der Waals surface area contributed by atoms with Crippen LogP contribution >= 0.6 is 23.2 Å². The van der Waals surface area contributed by atoms with Gasteiger partial charge in [0.05, 0.1) is 17.2 Å². The molecule has 0 aliphatic rings. The smallest absolute Gasteiger partial charge is 0.119 e. The van der Waals surface area contributed by atoms with Crippen LogP contribution in [0.15, 0.2) is 42.5 Å². The molecule has 2 nitrogen and oxygen atoms in total. The van der Waals surface area contributed by atoms with Crippen LogP contribution in [0.5, 0.6) is 5.75 Å². The number of methoxy groups -OCH3 is 1. The summed E-state index contributed by atoms with van der Waals surface area (Å²) in [5.74, 6) is 0.856. The van der Waals surface area contributed by atoms with Crippen molar-refractivity contribution in [1.82, 2.24) is 5.32 Å². The quantitative estimate of drug-likeness (QED) is 0.793. The molecule has 0 radical (unpaired) electrons. The molecule has 4 heteroatoms. The number of hydrogen-bond donors (Lipinski definition) is 1. The van der Waals surface area contributed by atoms with Crippen LogP contribution in [0.1, 0.15) is 37.1 Å². The van der Waals surface area contributed by atoms with Crippen molar-refractivity contribution in [2.24, 2.45) is 0 Å². The maximum atomic E-state index is 6.27. The highest BCUT2D eigenvalue weighted by molar-refractivity contribution is 6.42. The van der Waals surface area contributed by atoms with E-state index in [1.807, 2.05) is 30.3 Å². The maximum Gasteiger partial charge on any atom is 0.119 e. The lowest BCUT2D eigenvalue weighted by Gasteiger charge is -2.22. The van der Waals surface area contributed by atoms with Crippen molar-refractivity contribution in [3.05, 3.63) is 63.6 Å². The number of ether oxygens (including phenoxy) is 1. The predicted octanol–water partition coefficient (Wildman–Crippen LogP) is 5.41. The molecule has 0 fully saturated rings. The minimum Gasteiger partial charge on any atom is -0.497 e. The topological polar surface area (TPSA) is 21.3 Å². The van der Waals surface area contributed by atoms with E-state index in [0.29, 0.717) is 10.0 Å². The third kappa shape index (κ3) is 3.91. The van der Waals surface area contributed by atoms with E-state index in [9.17, 15) is 0 Å². The van der Waals surface area contributed by atoms with Gasteiger partial charge < -0.3 is 10.1 Å². The molecular weight excluding hydrogens is 305 g/mol. The molecular formula is C17H19Cl2NO. The van der Waals surface area contributed by atoms with Gasteiger partial charge in [-0.05, 0) is 43.2 Å². The highest BCUT2D eigenvalue weighted by Crippen LogP contribution is 2.31. The Bertz CT molecular complexity index is 615. The van der Waals surface area contributed by atoms with Crippen LogP contribution in [0.3, 0.4) is 0 Å². The lowest BCUT2D eigenvalue weighted by molar-refractivity contribution is 0.412. The third-order valence-electron chi connectivity index (χ3n) is 3.54. The molecule has 2 rings (SSSR count). The van der Waals surface area contributed by atoms with Crippen molar-refractivity contribution in [2.75, 3.05) is 7.11 Å². The Morgan fingerprint density at radius 2 is 1.71 bits per heavy atom. The molecule has 0 amide bonds. The summed E-state index contributed by atoms with van der Waals surface area (Å²) in [6.07, 6.45) is 0. The molecule has 0 saturated heterocycles. The second kappa shape index (κ2) is 7.17. The summed E-state index contributed by atoms with van der Waals surface area (Å²) in [4.78, 5) is 0. The molecule has 0 heterocycles. The van der Waals surface area contributed by atoms with Crippen molar-refractivity contribution >= 4 is 23.2 Å². The highest BCUT2D eigenvalue weighted by Gasteiger charge is 2.15. The average molecular weight is 324 g/mol. The molecule has 0 bridgehead atoms. The van der Waals surface area contributed by atoms with Gasteiger partial charge in [-0.25, -0.2) is 0 Å². The summed E-state index contributed by atoms with van der Waals surface area (Å²) in [6, 6.07) is 14.0. The van der Waals surface area contributed by atoms with Gasteiger partial charge in [0.2, 0.25) is 0 Å². The molecule has 2 aromatic rings. The van der Waals surface area contributed by atoms with Crippen LogP contribution in [0.4, 0.5) is 0 Å². The van der Waals surface area contributed by atoms with Crippen LogP contribution < -0.4 is 10.1 Å². The van der Waals surface area contributed by atoms with E-state index in [1.54, 1.807) is 13.2 Å². The summed E-state index contributed by atoms with van der Waals surface area (Å²) < 4.78 is 5.26. The van der Waals surface area contributed by atoms with Gasteiger partial charge in [-0.15, -0.1) is 0 Å². The lowest BCUT2D eigenvalue weighted by atomic mass is 10.0. The van der Waals surface area contributed by atoms with Crippen LogP contribution in [-0.4, -0.2) is 7.11 Å². The normalized spacial score (nSPS) is 13.8. The monoisotopic (exact) mass is 323 g/mol. The SMILES string of the molecule is COc1cccc(C(C)NC(C)c2cccc(Cl)c2Cl)c1. The van der Waals surface area contributed by atoms with E-state index in [1.165, 1.54) is 5.56 Å². The van der Waals surface area contributed by atoms with Gasteiger partial charge in [-0.1, -0.05) is 47.5 Å². The van der Waals surface area contributed by atoms with E-state index in [0.717, 1.165) is 11.3 Å². The lowest BCUT2D eigenvalue weighted by Crippen LogP contribution is -2.22. The van der Waals surface area contributed by atoms with Gasteiger partial charge in [-0.3, -0.25) is 0 Å². The van der Waals surface area contributed by atoms with E-state index in [-0.39, 0.29) is 12.1 Å². The molecule has 1 N–H and O–H groups in total. The zero-order valence-corrected chi connectivity index (χ0v) is 13.9. The first kappa shape index (κ1) is 16.2. The molecule has 0 spiro atoms. The summed E-state index contributed by atoms with van der Waals surface area (Å²) in [5, 5.41) is 4.72. The summed E-state index contributed by atoms with van der Waals surface area (Å²) in [7, 11) is 1.67. The Balaban J connectivity index is 2.14. The first-order valence-corrected chi connectivity index (χ1v) is 7.62. The summed E-state index contributed by atoms with van der Waals surface area (Å²) in [5.41, 5.74) is 2.17. The van der Waals surface area contributed by atoms with Gasteiger partial charge >= 0.3 is 0 Å². The van der Waals surface area contributed by atoms with Crippen LogP contribution in [0.2, 0.25) is 10.0 Å². The Morgan fingerprint density at radius 3 is 2.43 bits per heavy atom. The summed E-state index contributed by atoms with van der Waals surface area (Å²) in [6.45, 7) is 4.19. The number of benzene rings is 2. The van der Waals surface area contributed by atoms with Crippen molar-refractivity contribution in [3.63, 3.8) is 0 Å². The standard InChI is InChI=1S/C17H19Cl2NO/c1-11(13-6-4-7-14(10-13)21-3)20-12(2)15-8-5-9-16(18)17(15)19/h4-12,20H,1-3H3. The first-order chi connectivity index (χ1) is 10.0. The van der Waals surface area contributed by atoms with Gasteiger partial charge in [-0.2, -0.15) is 0 Å². The molecule has 0 aliphatic heterocycles. The first-order valence-electron chi connectivity index (χ1n) is 6.87. The van der Waals surface area contributed by atoms with Crippen molar-refractivity contribution in [1.29, 1.82) is 0 Å². The fourth-order valence-electron chi connectivity index (χ4n) is 2.33. The number of hydrogen-bond acceptors (Lipinski definition) is 2. The maximum absolute atomic E-state index is 6.27. The number of rotatable bonds is 5. The zero-order valence-electron chi connectivity index (χ0n) is 12.4. The molecule has 2 aromatic carbocycles. The second-order valence-electron chi connectivity index (χ2n) is 5.03. The fraction of sp³-hybridized carbons (Fsp3) is 0.294. The van der Waals surface area contributed by atoms with Gasteiger partial charge in [0.25, 0.3) is 0 Å². The largest absolute Gasteiger partial charge is 0.497 e. The molecule has 112 valence electrons. The Labute approximate surface area is 136 Å². The molecule has 2 atom stereocenters. The van der Waals surface area contributed by atoms with Crippen molar-refractivity contribution in [3.8, 4) is 5.75 Å². The number of halogens is 2. The zero-order chi connectivity index (χ0) is 15.4. The van der Waals surface area contributed by atoms with E-state index < -0.39 is 0 Å². The molecule has 21 heavy (non-hydrogen) atoms. The van der Waals surface area contributed by atoms with Crippen molar-refractivity contribution in [2.45, 2.75) is 25.9 Å². The van der Waals surface area contributed by atoms with E-state index in [4.69, 9.17) is 27.9 Å². The second-order valence-corrected chi connectivity index (χ2v) is 5.81.